The molecule has 0 N–H and O–H groups in total. The summed E-state index contributed by atoms with van der Waals surface area (Å²) >= 11 is 0. The van der Waals surface area contributed by atoms with E-state index in [1.54, 1.807) is 0 Å². The summed E-state index contributed by atoms with van der Waals surface area (Å²) in [6.45, 7) is 0. The number of hydrogen-bond donors (Lipinski definition) is 0. The average Bonchev–Trinajstić information content (AvgIpc) is 3.33. The Bertz CT molecular complexity index is 2100. The van der Waals surface area contributed by atoms with E-state index in [1.807, 2.05) is 0 Å². The van der Waals surface area contributed by atoms with Crippen molar-refractivity contribution in [2.24, 2.45) is 0 Å². The molecule has 0 bridgehead atoms. The van der Waals surface area contributed by atoms with Crippen LogP contribution in [0.15, 0.2) is 273 Å². The van der Waals surface area contributed by atoms with E-state index in [9.17, 15) is 10.1 Å². The Morgan fingerprint density at radius 3 is 0.390 bits per heavy atom. The van der Waals surface area contributed by atoms with Gasteiger partial charge in [-0.25, -0.2) is 0 Å². The maximum absolute atomic E-state index is 10.4. The zero-order valence-corrected chi connectivity index (χ0v) is 37.5. The molecule has 0 aliphatic carbocycles. The van der Waals surface area contributed by atoms with Gasteiger partial charge in [0.1, 0.15) is 0 Å². The molecule has 9 rings (SSSR count). The molecule has 0 spiro atoms. The van der Waals surface area contributed by atoms with Crippen molar-refractivity contribution < 1.29 is 10.4 Å². The van der Waals surface area contributed by atoms with Crippen LogP contribution < -0.4 is 47.7 Å². The van der Waals surface area contributed by atoms with Crippen LogP contribution in [0.1, 0.15) is 0 Å². The quantitative estimate of drug-likeness (QED) is 0.107. The molecular weight excluding hydrogens is 836 g/mol. The molecule has 0 heterocycles. The van der Waals surface area contributed by atoms with E-state index < -0.39 is 28.4 Å². The normalized spacial score (nSPS) is 14.3. The number of halogens is 1. The molecule has 0 saturated heterocycles. The van der Waals surface area contributed by atoms with Crippen LogP contribution in [-0.2, 0) is 10.4 Å². The monoisotopic (exact) mass is 883 g/mol. The zero-order chi connectivity index (χ0) is 40.0. The van der Waals surface area contributed by atoms with Crippen molar-refractivity contribution in [3.05, 3.63) is 273 Å². The van der Waals surface area contributed by atoms with Gasteiger partial charge in [-0.1, -0.05) is 0 Å². The predicted octanol–water partition coefficient (Wildman–Crippen LogP) is 10.2. The van der Waals surface area contributed by atoms with Gasteiger partial charge < -0.3 is 0 Å². The van der Waals surface area contributed by atoms with Gasteiger partial charge in [0.15, 0.2) is 0 Å². The van der Waals surface area contributed by atoms with Gasteiger partial charge in [-0.3, -0.25) is 0 Å². The van der Waals surface area contributed by atoms with Crippen LogP contribution in [0.3, 0.4) is 0 Å². The first-order valence-corrected chi connectivity index (χ1v) is 31.7. The van der Waals surface area contributed by atoms with Crippen molar-refractivity contribution in [1.82, 2.24) is 0 Å². The summed E-state index contributed by atoms with van der Waals surface area (Å²) in [6.07, 6.45) is 0. The van der Waals surface area contributed by atoms with Gasteiger partial charge in [0.2, 0.25) is 0 Å². The van der Waals surface area contributed by atoms with E-state index in [-0.39, 0.29) is 0 Å². The van der Waals surface area contributed by atoms with Crippen molar-refractivity contribution in [3.63, 3.8) is 0 Å². The van der Waals surface area contributed by atoms with Gasteiger partial charge >= 0.3 is 359 Å². The molecule has 295 valence electrons. The summed E-state index contributed by atoms with van der Waals surface area (Å²) in [7, 11) is 7.15. The van der Waals surface area contributed by atoms with E-state index in [1.165, 1.54) is 47.7 Å². The molecule has 0 atom stereocenters. The zero-order valence-electron chi connectivity index (χ0n) is 32.7. The van der Waals surface area contributed by atoms with Crippen molar-refractivity contribution in [3.8, 4) is 0 Å². The minimum absolute atomic E-state index is 1.33. The molecule has 0 aliphatic rings. The third-order valence-electron chi connectivity index (χ3n) is 11.5. The molecule has 5 heteroatoms. The summed E-state index contributed by atoms with van der Waals surface area (Å²) in [6, 6.07) is 104. The van der Waals surface area contributed by atoms with Gasteiger partial charge in [0, 0.05) is 0 Å². The topological polar surface area (TPSA) is 0 Å². The van der Waals surface area contributed by atoms with Crippen LogP contribution >= 0.6 is 28.1 Å². The van der Waals surface area contributed by atoms with Crippen molar-refractivity contribution in [2.75, 3.05) is 0 Å². The predicted molar refractivity (Wildman–Crippen MR) is 265 cm³/mol. The van der Waals surface area contributed by atoms with Crippen LogP contribution in [0.2, 0.25) is 0 Å². The first-order chi connectivity index (χ1) is 29.2. The van der Waals surface area contributed by atoms with Crippen LogP contribution in [0.4, 0.5) is 0 Å². The van der Waals surface area contributed by atoms with E-state index in [0.29, 0.717) is 0 Å². The van der Waals surface area contributed by atoms with Crippen LogP contribution in [0.25, 0.3) is 0 Å². The second-order valence-electron chi connectivity index (χ2n) is 14.6. The van der Waals surface area contributed by atoms with Crippen molar-refractivity contribution in [1.29, 1.82) is 0 Å². The van der Waals surface area contributed by atoms with Gasteiger partial charge in [-0.05, 0) is 0 Å². The first kappa shape index (κ1) is 39.5. The molecule has 0 amide bonds. The Labute approximate surface area is 356 Å². The molecule has 0 fully saturated rings. The van der Waals surface area contributed by atoms with E-state index in [0.717, 1.165) is 0 Å². The van der Waals surface area contributed by atoms with Crippen molar-refractivity contribution >= 4 is 75.9 Å². The molecule has 9 aromatic carbocycles. The summed E-state index contributed by atoms with van der Waals surface area (Å²) in [5.41, 5.74) is 0. The van der Waals surface area contributed by atoms with Crippen LogP contribution in [0, 0.1) is 0 Å². The number of hydrogen-bond acceptors (Lipinski definition) is 0. The maximum atomic E-state index is 10.4. The Morgan fingerprint density at radius 2 is 0.288 bits per heavy atom. The molecule has 59 heavy (non-hydrogen) atoms. The number of benzene rings is 9. The molecule has 0 unspecified atom stereocenters. The van der Waals surface area contributed by atoms with Crippen LogP contribution in [-0.4, -0.2) is 0 Å². The Hall–Kier alpha value is -4.93. The second kappa shape index (κ2) is 17.3. The summed E-state index contributed by atoms with van der Waals surface area (Å²) in [4.78, 5) is 0. The minimum atomic E-state index is -3.55. The standard InChI is InChI=1S/3C18H15P.ClH.Co/c3*1-4-10-16(11-5-1)19(17-12-6-2-7-13-17)18-14-8-3-9-15-18;;/h3*1-15H;1H;/q;;;;-2/p+2. The second-order valence-corrected chi connectivity index (χ2v) is 46.4. The average molecular weight is 884 g/mol. The van der Waals surface area contributed by atoms with Gasteiger partial charge in [-0.15, -0.1) is 0 Å². The Balaban J connectivity index is 1.71. The third kappa shape index (κ3) is 6.31. The number of rotatable bonds is 12. The molecular formula is C54H48ClCoP3. The van der Waals surface area contributed by atoms with E-state index in [2.05, 4.69) is 273 Å². The molecule has 0 aliphatic heterocycles. The third-order valence-corrected chi connectivity index (χ3v) is 66.8. The first-order valence-electron chi connectivity index (χ1n) is 20.1. The molecule has 0 saturated carbocycles. The summed E-state index contributed by atoms with van der Waals surface area (Å²) < 4.78 is 0. The summed E-state index contributed by atoms with van der Waals surface area (Å²) in [5.74, 6) is -10.6. The Morgan fingerprint density at radius 1 is 0.186 bits per heavy atom. The SMILES string of the molecule is [Cl][Co]([PH](c1ccccc1)(c1ccccc1)c1ccccc1)([PH](c1ccccc1)(c1ccccc1)c1ccccc1)[PH](c1ccccc1)(c1ccccc1)c1ccccc1. The Kier molecular flexibility index (Phi) is 11.6. The fourth-order valence-electron chi connectivity index (χ4n) is 9.20. The van der Waals surface area contributed by atoms with E-state index >= 15 is 0 Å². The molecule has 9 aromatic rings. The van der Waals surface area contributed by atoms with Crippen molar-refractivity contribution in [2.45, 2.75) is 0 Å². The molecule has 0 radical (unpaired) electrons. The van der Waals surface area contributed by atoms with E-state index in [4.69, 9.17) is 0 Å². The fourth-order valence-corrected chi connectivity index (χ4v) is 86.0. The van der Waals surface area contributed by atoms with Gasteiger partial charge in [-0.2, -0.15) is 0 Å². The fraction of sp³-hybridized carbons (Fsp3) is 0. The van der Waals surface area contributed by atoms with Gasteiger partial charge in [0.05, 0.1) is 0 Å². The molecule has 0 nitrogen and oxygen atoms in total. The molecule has 0 aromatic heterocycles. The summed E-state index contributed by atoms with van der Waals surface area (Å²) in [5, 5.41) is 12.0. The van der Waals surface area contributed by atoms with Gasteiger partial charge in [0.25, 0.3) is 0 Å². The van der Waals surface area contributed by atoms with Crippen LogP contribution in [0.5, 0.6) is 0 Å².